The first kappa shape index (κ1) is 20.1. The fourth-order valence-corrected chi connectivity index (χ4v) is 6.38. The first-order chi connectivity index (χ1) is 15.9. The van der Waals surface area contributed by atoms with E-state index in [1.165, 1.54) is 7.11 Å². The van der Waals surface area contributed by atoms with Crippen molar-refractivity contribution in [2.75, 3.05) is 7.11 Å². The van der Waals surface area contributed by atoms with Gasteiger partial charge in [-0.1, -0.05) is 18.2 Å². The molecule has 168 valence electrons. The predicted molar refractivity (Wildman–Crippen MR) is 121 cm³/mol. The van der Waals surface area contributed by atoms with Gasteiger partial charge < -0.3 is 9.30 Å². The van der Waals surface area contributed by atoms with E-state index < -0.39 is 5.97 Å². The Kier molecular flexibility index (Phi) is 4.28. The van der Waals surface area contributed by atoms with Crippen molar-refractivity contribution in [1.82, 2.24) is 9.58 Å². The van der Waals surface area contributed by atoms with Crippen LogP contribution in [0.15, 0.2) is 47.6 Å². The number of benzene rings is 1. The maximum Gasteiger partial charge on any atom is 0.337 e. The maximum atomic E-state index is 13.1. The zero-order chi connectivity index (χ0) is 23.0. The second-order valence-electron chi connectivity index (χ2n) is 9.59. The molecule has 1 aromatic heterocycles. The van der Waals surface area contributed by atoms with Gasteiger partial charge in [-0.25, -0.2) is 4.79 Å². The molecule has 2 heterocycles. The maximum absolute atomic E-state index is 13.1. The summed E-state index contributed by atoms with van der Waals surface area (Å²) >= 11 is 0. The molecule has 0 spiro atoms. The monoisotopic (exact) mass is 443 g/mol. The molecule has 7 nitrogen and oxygen atoms in total. The summed E-state index contributed by atoms with van der Waals surface area (Å²) in [6.45, 7) is 3.91. The third kappa shape index (κ3) is 2.81. The molecule has 7 rings (SSSR count). The van der Waals surface area contributed by atoms with E-state index in [0.29, 0.717) is 17.4 Å². The number of amides is 2. The highest BCUT2D eigenvalue weighted by Gasteiger charge is 2.67. The second-order valence-corrected chi connectivity index (χ2v) is 9.59. The van der Waals surface area contributed by atoms with Gasteiger partial charge in [0.05, 0.1) is 30.7 Å². The molecular weight excluding hydrogens is 418 g/mol. The number of carbonyl (C=O) groups excluding carboxylic acids is 3. The van der Waals surface area contributed by atoms with Crippen molar-refractivity contribution in [3.63, 3.8) is 0 Å². The molecule has 2 saturated carbocycles. The quantitative estimate of drug-likeness (QED) is 0.314. The van der Waals surface area contributed by atoms with E-state index in [1.54, 1.807) is 18.3 Å². The number of ether oxygens (including phenoxy) is 1. The van der Waals surface area contributed by atoms with Gasteiger partial charge in [0.15, 0.2) is 0 Å². The standard InChI is InChI=1S/C26H25N3O4/c1-13-9-16(14(2)28(13)17-6-4-5-15(10-17)26(32)33-3)12-27-29-24(30)22-18-7-8-19(21-11-20(18)21)23(22)25(29)31/h4-10,12,18-23H,11H2,1-3H3/b27-12-/t18-,19-,20-,21-,22-,23+/m0/s1. The molecule has 33 heavy (non-hydrogen) atoms. The van der Waals surface area contributed by atoms with Crippen LogP contribution in [0.25, 0.3) is 5.69 Å². The zero-order valence-corrected chi connectivity index (χ0v) is 18.8. The minimum absolute atomic E-state index is 0.162. The van der Waals surface area contributed by atoms with Gasteiger partial charge in [0.25, 0.3) is 11.8 Å². The van der Waals surface area contributed by atoms with Crippen LogP contribution in [0.2, 0.25) is 0 Å². The Morgan fingerprint density at radius 3 is 2.36 bits per heavy atom. The molecule has 4 aliphatic carbocycles. The lowest BCUT2D eigenvalue weighted by atomic mass is 9.63. The Balaban J connectivity index is 1.29. The van der Waals surface area contributed by atoms with Crippen LogP contribution in [0.4, 0.5) is 0 Å². The minimum Gasteiger partial charge on any atom is -0.465 e. The van der Waals surface area contributed by atoms with Gasteiger partial charge in [0.1, 0.15) is 0 Å². The summed E-state index contributed by atoms with van der Waals surface area (Å²) in [5, 5.41) is 5.49. The van der Waals surface area contributed by atoms with Crippen LogP contribution in [0, 0.1) is 49.4 Å². The molecule has 0 N–H and O–H groups in total. The lowest BCUT2D eigenvalue weighted by molar-refractivity contribution is -0.140. The zero-order valence-electron chi connectivity index (χ0n) is 18.8. The number of hydrazone groups is 1. The first-order valence-electron chi connectivity index (χ1n) is 11.4. The Hall–Kier alpha value is -3.48. The predicted octanol–water partition coefficient (Wildman–Crippen LogP) is 3.27. The van der Waals surface area contributed by atoms with Crippen molar-refractivity contribution in [2.45, 2.75) is 20.3 Å². The Bertz CT molecular complexity index is 1240. The Labute approximate surface area is 191 Å². The summed E-state index contributed by atoms with van der Waals surface area (Å²) in [6, 6.07) is 9.17. The number of esters is 1. The van der Waals surface area contributed by atoms with Crippen molar-refractivity contribution in [3.05, 3.63) is 65.0 Å². The number of imide groups is 1. The summed E-state index contributed by atoms with van der Waals surface area (Å²) < 4.78 is 6.85. The molecule has 6 atom stereocenters. The number of methoxy groups -OCH3 is 1. The molecule has 0 radical (unpaired) electrons. The highest BCUT2D eigenvalue weighted by molar-refractivity contribution is 6.06. The van der Waals surface area contributed by atoms with Gasteiger partial charge in [0, 0.05) is 22.6 Å². The fourth-order valence-electron chi connectivity index (χ4n) is 6.38. The summed E-state index contributed by atoms with van der Waals surface area (Å²) in [5.74, 6) is 0.306. The number of aryl methyl sites for hydroxylation is 1. The lowest BCUT2D eigenvalue weighted by Gasteiger charge is -2.37. The van der Waals surface area contributed by atoms with Crippen LogP contribution in [0.5, 0.6) is 0 Å². The number of allylic oxidation sites excluding steroid dienone is 2. The van der Waals surface area contributed by atoms with Gasteiger partial charge in [-0.15, -0.1) is 0 Å². The Morgan fingerprint density at radius 1 is 1.06 bits per heavy atom. The summed E-state index contributed by atoms with van der Waals surface area (Å²) in [5.41, 5.74) is 3.96. The third-order valence-electron chi connectivity index (χ3n) is 7.95. The van der Waals surface area contributed by atoms with Crippen LogP contribution in [-0.4, -0.2) is 40.7 Å². The summed E-state index contributed by atoms with van der Waals surface area (Å²) in [7, 11) is 1.36. The van der Waals surface area contributed by atoms with Gasteiger partial charge in [-0.2, -0.15) is 10.1 Å². The van der Waals surface area contributed by atoms with Crippen molar-refractivity contribution in [1.29, 1.82) is 0 Å². The molecular formula is C26H25N3O4. The molecule has 5 aliphatic rings. The molecule has 3 fully saturated rings. The molecule has 2 amide bonds. The number of hydrogen-bond donors (Lipinski definition) is 0. The van der Waals surface area contributed by atoms with Crippen LogP contribution < -0.4 is 0 Å². The highest BCUT2D eigenvalue weighted by Crippen LogP contribution is 2.65. The van der Waals surface area contributed by atoms with E-state index in [2.05, 4.69) is 17.3 Å². The average molecular weight is 444 g/mol. The molecule has 1 saturated heterocycles. The average Bonchev–Trinajstić information content (AvgIpc) is 3.55. The van der Waals surface area contributed by atoms with Crippen molar-refractivity contribution in [2.24, 2.45) is 40.6 Å². The van der Waals surface area contributed by atoms with Crippen LogP contribution in [-0.2, 0) is 14.3 Å². The number of aromatic nitrogens is 1. The third-order valence-corrected chi connectivity index (χ3v) is 7.95. The number of rotatable bonds is 4. The normalized spacial score (nSPS) is 31.3. The first-order valence-corrected chi connectivity index (χ1v) is 11.4. The van der Waals surface area contributed by atoms with Crippen LogP contribution in [0.1, 0.15) is 33.7 Å². The number of hydrogen-bond acceptors (Lipinski definition) is 5. The van der Waals surface area contributed by atoms with E-state index in [9.17, 15) is 14.4 Å². The largest absolute Gasteiger partial charge is 0.465 e. The van der Waals surface area contributed by atoms with E-state index in [1.807, 2.05) is 36.6 Å². The fraction of sp³-hybridized carbons (Fsp3) is 0.385. The SMILES string of the molecule is COC(=O)c1cccc(-n2c(C)cc(/C=N\N3C(=O)[C@@H]4[C@H]5C=C[C@@H]([C@@H]6C[C@@H]56)[C@@H]4C3=O)c2C)c1. The van der Waals surface area contributed by atoms with E-state index in [-0.39, 0.29) is 35.5 Å². The topological polar surface area (TPSA) is 81.0 Å². The van der Waals surface area contributed by atoms with Crippen molar-refractivity contribution >= 4 is 24.0 Å². The lowest BCUT2D eigenvalue weighted by Crippen LogP contribution is -2.40. The molecule has 2 aromatic rings. The van der Waals surface area contributed by atoms with Crippen molar-refractivity contribution in [3.8, 4) is 5.69 Å². The summed E-state index contributed by atoms with van der Waals surface area (Å²) in [4.78, 5) is 38.2. The van der Waals surface area contributed by atoms with Crippen LogP contribution >= 0.6 is 0 Å². The molecule has 2 bridgehead atoms. The van der Waals surface area contributed by atoms with E-state index in [0.717, 1.165) is 34.1 Å². The molecule has 1 aromatic carbocycles. The van der Waals surface area contributed by atoms with Gasteiger partial charge >= 0.3 is 5.97 Å². The second kappa shape index (κ2) is 7.01. The molecule has 0 unspecified atom stereocenters. The van der Waals surface area contributed by atoms with Crippen LogP contribution in [0.3, 0.4) is 0 Å². The van der Waals surface area contributed by atoms with E-state index >= 15 is 0 Å². The summed E-state index contributed by atoms with van der Waals surface area (Å²) in [6.07, 6.45) is 7.07. The smallest absolute Gasteiger partial charge is 0.337 e. The minimum atomic E-state index is -0.394. The number of carbonyl (C=O) groups is 3. The van der Waals surface area contributed by atoms with Gasteiger partial charge in [-0.3, -0.25) is 9.59 Å². The highest BCUT2D eigenvalue weighted by atomic mass is 16.5. The van der Waals surface area contributed by atoms with E-state index in [4.69, 9.17) is 4.74 Å². The molecule has 1 aliphatic heterocycles. The molecule has 7 heteroatoms. The number of nitrogens with zero attached hydrogens (tertiary/aromatic N) is 3. The van der Waals surface area contributed by atoms with Gasteiger partial charge in [0.2, 0.25) is 0 Å². The Morgan fingerprint density at radius 2 is 1.73 bits per heavy atom. The van der Waals surface area contributed by atoms with Gasteiger partial charge in [-0.05, 0) is 68.2 Å². The van der Waals surface area contributed by atoms with Crippen molar-refractivity contribution < 1.29 is 19.1 Å².